The molecule has 0 fully saturated rings. The third-order valence-electron chi connectivity index (χ3n) is 3.70. The van der Waals surface area contributed by atoms with Gasteiger partial charge in [-0.3, -0.25) is 10.4 Å². The number of halogens is 3. The third kappa shape index (κ3) is 9.89. The van der Waals surface area contributed by atoms with Gasteiger partial charge in [-0.25, -0.2) is 4.99 Å². The van der Waals surface area contributed by atoms with Crippen molar-refractivity contribution in [3.8, 4) is 0 Å². The summed E-state index contributed by atoms with van der Waals surface area (Å²) in [7, 11) is 0. The van der Waals surface area contributed by atoms with E-state index in [4.69, 9.17) is 0 Å². The molecule has 154 valence electrons. The zero-order valence-electron chi connectivity index (χ0n) is 16.5. The molecule has 0 spiro atoms. The first kappa shape index (κ1) is 23.4. The molecule has 0 aliphatic carbocycles. The molecular formula is C20H27F3N4O. The minimum atomic E-state index is -4.39. The molecule has 0 aliphatic heterocycles. The highest BCUT2D eigenvalue weighted by Gasteiger charge is 2.28. The number of nitrogens with zero attached hydrogens (tertiary/aromatic N) is 3. The summed E-state index contributed by atoms with van der Waals surface area (Å²) in [6.45, 7) is 7.53. The molecule has 1 aromatic heterocycles. The molecule has 1 rings (SSSR count). The second-order valence-electron chi connectivity index (χ2n) is 6.18. The van der Waals surface area contributed by atoms with Crippen LogP contribution in [-0.4, -0.2) is 29.4 Å². The van der Waals surface area contributed by atoms with E-state index in [9.17, 15) is 13.2 Å². The molecule has 1 heterocycles. The van der Waals surface area contributed by atoms with Crippen LogP contribution in [0, 0.1) is 6.92 Å². The van der Waals surface area contributed by atoms with Crippen molar-refractivity contribution < 1.29 is 17.9 Å². The van der Waals surface area contributed by atoms with E-state index in [0.717, 1.165) is 35.3 Å². The van der Waals surface area contributed by atoms with E-state index in [-0.39, 0.29) is 5.90 Å². The average molecular weight is 396 g/mol. The van der Waals surface area contributed by atoms with E-state index < -0.39 is 12.8 Å². The molecule has 1 N–H and O–H groups in total. The normalized spacial score (nSPS) is 13.4. The maximum atomic E-state index is 12.2. The number of hydrogen-bond donors (Lipinski definition) is 1. The monoisotopic (exact) mass is 396 g/mol. The van der Waals surface area contributed by atoms with Crippen molar-refractivity contribution in [2.45, 2.75) is 52.6 Å². The van der Waals surface area contributed by atoms with Crippen LogP contribution in [-0.2, 0) is 11.2 Å². The van der Waals surface area contributed by atoms with Crippen molar-refractivity contribution in [2.75, 3.05) is 6.61 Å². The summed E-state index contributed by atoms with van der Waals surface area (Å²) in [5.74, 6) is -0.0508. The van der Waals surface area contributed by atoms with E-state index in [0.29, 0.717) is 12.8 Å². The number of rotatable bonds is 10. The Morgan fingerprint density at radius 3 is 2.71 bits per heavy atom. The molecule has 0 amide bonds. The smallest absolute Gasteiger partial charge is 0.422 e. The summed E-state index contributed by atoms with van der Waals surface area (Å²) >= 11 is 0. The number of allylic oxidation sites excluding steroid dienone is 1. The SMILES string of the molecule is C=CN/N=C(CCCc1cncc(C)c1)/C(=C/N=C(C)OCC(F)(F)F)CC. The van der Waals surface area contributed by atoms with Crippen LogP contribution >= 0.6 is 0 Å². The van der Waals surface area contributed by atoms with Gasteiger partial charge in [0.25, 0.3) is 0 Å². The lowest BCUT2D eigenvalue weighted by Crippen LogP contribution is -2.19. The maximum Gasteiger partial charge on any atom is 0.422 e. The maximum absolute atomic E-state index is 12.2. The summed E-state index contributed by atoms with van der Waals surface area (Å²) in [5, 5.41) is 4.30. The van der Waals surface area contributed by atoms with Crippen LogP contribution < -0.4 is 5.43 Å². The lowest BCUT2D eigenvalue weighted by Gasteiger charge is -2.10. The van der Waals surface area contributed by atoms with Crippen LogP contribution in [0.15, 0.2) is 53.1 Å². The highest BCUT2D eigenvalue weighted by atomic mass is 19.4. The van der Waals surface area contributed by atoms with Gasteiger partial charge >= 0.3 is 6.18 Å². The molecular weight excluding hydrogens is 369 g/mol. The van der Waals surface area contributed by atoms with Gasteiger partial charge in [0.05, 0.1) is 5.71 Å². The molecule has 0 saturated heterocycles. The van der Waals surface area contributed by atoms with Gasteiger partial charge in [0.2, 0.25) is 0 Å². The Balaban J connectivity index is 2.79. The summed E-state index contributed by atoms with van der Waals surface area (Å²) < 4.78 is 41.3. The number of aromatic nitrogens is 1. The molecule has 5 nitrogen and oxygen atoms in total. The molecule has 0 radical (unpaired) electrons. The number of pyridine rings is 1. The Bertz CT molecular complexity index is 724. The first-order chi connectivity index (χ1) is 13.2. The van der Waals surface area contributed by atoms with Gasteiger partial charge in [-0.1, -0.05) is 19.6 Å². The fourth-order valence-corrected chi connectivity index (χ4v) is 2.39. The lowest BCUT2D eigenvalue weighted by atomic mass is 10.0. The Hall–Kier alpha value is -2.64. The van der Waals surface area contributed by atoms with E-state index in [2.05, 4.69) is 37.9 Å². The molecule has 0 unspecified atom stereocenters. The Morgan fingerprint density at radius 1 is 1.36 bits per heavy atom. The zero-order valence-corrected chi connectivity index (χ0v) is 16.5. The molecule has 1 aromatic rings. The number of aryl methyl sites for hydroxylation is 2. The molecule has 0 aromatic carbocycles. The largest absolute Gasteiger partial charge is 0.471 e. The quantitative estimate of drug-likeness (QED) is 0.340. The second kappa shape index (κ2) is 11.9. The number of aliphatic imine (C=N–C) groups is 1. The van der Waals surface area contributed by atoms with Crippen LogP contribution in [0.1, 0.15) is 44.2 Å². The highest BCUT2D eigenvalue weighted by molar-refractivity contribution is 6.00. The Labute approximate surface area is 164 Å². The van der Waals surface area contributed by atoms with E-state index in [1.54, 1.807) is 0 Å². The summed E-state index contributed by atoms with van der Waals surface area (Å²) in [6.07, 6.45) is 5.20. The molecule has 0 saturated carbocycles. The van der Waals surface area contributed by atoms with Crippen LogP contribution in [0.25, 0.3) is 0 Å². The van der Waals surface area contributed by atoms with Crippen molar-refractivity contribution in [2.24, 2.45) is 10.1 Å². The molecule has 8 heteroatoms. The van der Waals surface area contributed by atoms with Crippen LogP contribution in [0.5, 0.6) is 0 Å². The fraction of sp³-hybridized carbons (Fsp3) is 0.450. The van der Waals surface area contributed by atoms with Gasteiger partial charge in [0.1, 0.15) is 0 Å². The zero-order chi connectivity index (χ0) is 21.0. The molecule has 28 heavy (non-hydrogen) atoms. The Morgan fingerprint density at radius 2 is 2.11 bits per heavy atom. The van der Waals surface area contributed by atoms with Crippen LogP contribution in [0.2, 0.25) is 0 Å². The van der Waals surface area contributed by atoms with Crippen molar-refractivity contribution in [1.29, 1.82) is 0 Å². The molecule has 0 aliphatic rings. The van der Waals surface area contributed by atoms with E-state index in [1.807, 2.05) is 26.2 Å². The average Bonchev–Trinajstić information content (AvgIpc) is 2.63. The number of ether oxygens (including phenoxy) is 1. The van der Waals surface area contributed by atoms with Gasteiger partial charge in [-0.2, -0.15) is 18.3 Å². The van der Waals surface area contributed by atoms with Crippen LogP contribution in [0.4, 0.5) is 13.2 Å². The van der Waals surface area contributed by atoms with Crippen LogP contribution in [0.3, 0.4) is 0 Å². The van der Waals surface area contributed by atoms with Crippen molar-refractivity contribution in [1.82, 2.24) is 10.4 Å². The van der Waals surface area contributed by atoms with E-state index >= 15 is 0 Å². The number of hydrogen-bond acceptors (Lipinski definition) is 5. The first-order valence-electron chi connectivity index (χ1n) is 9.02. The minimum Gasteiger partial charge on any atom is -0.471 e. The van der Waals surface area contributed by atoms with Gasteiger partial charge in [-0.15, -0.1) is 0 Å². The predicted octanol–water partition coefficient (Wildman–Crippen LogP) is 5.09. The van der Waals surface area contributed by atoms with Crippen molar-refractivity contribution in [3.63, 3.8) is 0 Å². The van der Waals surface area contributed by atoms with Gasteiger partial charge in [0, 0.05) is 31.7 Å². The van der Waals surface area contributed by atoms with Gasteiger partial charge < -0.3 is 4.74 Å². The second-order valence-corrected chi connectivity index (χ2v) is 6.18. The summed E-state index contributed by atoms with van der Waals surface area (Å²) in [4.78, 5) is 8.18. The van der Waals surface area contributed by atoms with Gasteiger partial charge in [0.15, 0.2) is 12.5 Å². The fourth-order valence-electron chi connectivity index (χ4n) is 2.39. The summed E-state index contributed by atoms with van der Waals surface area (Å²) in [6, 6.07) is 2.09. The Kier molecular flexibility index (Phi) is 9.98. The van der Waals surface area contributed by atoms with Gasteiger partial charge in [-0.05, 0) is 49.3 Å². The first-order valence-corrected chi connectivity index (χ1v) is 9.02. The predicted molar refractivity (Wildman–Crippen MR) is 106 cm³/mol. The highest BCUT2D eigenvalue weighted by Crippen LogP contribution is 2.15. The topological polar surface area (TPSA) is 58.9 Å². The standard InChI is InChI=1S/C20H27F3N4O/c1-5-18(13-25-16(4)28-14-20(21,22)23)19(27-26-6-2)9-7-8-17-10-15(3)11-24-12-17/h6,10-13,26H,2,5,7-9,14H2,1,3-4H3/b18-13+,25-16?,27-19+. The number of alkyl halides is 3. The van der Waals surface area contributed by atoms with Crippen molar-refractivity contribution in [3.05, 3.63) is 54.1 Å². The third-order valence-corrected chi connectivity index (χ3v) is 3.70. The number of nitrogens with one attached hydrogen (secondary N) is 1. The number of hydrazone groups is 1. The minimum absolute atomic E-state index is 0.0508. The lowest BCUT2D eigenvalue weighted by molar-refractivity contribution is -0.156. The molecule has 0 bridgehead atoms. The molecule has 0 atom stereocenters. The van der Waals surface area contributed by atoms with E-state index in [1.165, 1.54) is 19.3 Å². The van der Waals surface area contributed by atoms with Crippen molar-refractivity contribution >= 4 is 11.6 Å². The summed E-state index contributed by atoms with van der Waals surface area (Å²) in [5.41, 5.74) is 6.56.